The third kappa shape index (κ3) is 3.41. The fourth-order valence-electron chi connectivity index (χ4n) is 3.24. The lowest BCUT2D eigenvalue weighted by molar-refractivity contribution is -0.0435. The standard InChI is InChI=1S/C20H23NO2/c1-2-6-16(7-3-1)20(19-14-21-12-13-22-19)23-18-9-5-4-8-17(18)15-10-11-15/h1-9,15,19-21H,10-14H2/t19-,20?/m1/s1. The van der Waals surface area contributed by atoms with Crippen molar-refractivity contribution < 1.29 is 9.47 Å². The van der Waals surface area contributed by atoms with E-state index in [1.165, 1.54) is 24.0 Å². The van der Waals surface area contributed by atoms with Crippen LogP contribution >= 0.6 is 0 Å². The molecule has 0 spiro atoms. The molecule has 2 aromatic rings. The monoisotopic (exact) mass is 309 g/mol. The number of morpholine rings is 1. The molecule has 1 aliphatic heterocycles. The maximum absolute atomic E-state index is 6.51. The fraction of sp³-hybridized carbons (Fsp3) is 0.400. The van der Waals surface area contributed by atoms with Gasteiger partial charge in [0.2, 0.25) is 0 Å². The van der Waals surface area contributed by atoms with E-state index in [-0.39, 0.29) is 12.2 Å². The summed E-state index contributed by atoms with van der Waals surface area (Å²) in [7, 11) is 0. The molecule has 2 aliphatic rings. The van der Waals surface area contributed by atoms with Gasteiger partial charge >= 0.3 is 0 Å². The van der Waals surface area contributed by atoms with Crippen molar-refractivity contribution in [3.05, 3.63) is 65.7 Å². The van der Waals surface area contributed by atoms with E-state index in [0.29, 0.717) is 5.92 Å². The van der Waals surface area contributed by atoms with Crippen LogP contribution in [0.4, 0.5) is 0 Å². The molecular weight excluding hydrogens is 286 g/mol. The molecule has 0 aromatic heterocycles. The molecule has 1 unspecified atom stereocenters. The third-order valence-corrected chi connectivity index (χ3v) is 4.61. The highest BCUT2D eigenvalue weighted by Gasteiger charge is 2.31. The second-order valence-electron chi connectivity index (χ2n) is 6.37. The molecule has 1 aliphatic carbocycles. The summed E-state index contributed by atoms with van der Waals surface area (Å²) in [6, 6.07) is 18.9. The minimum atomic E-state index is -0.0797. The summed E-state index contributed by atoms with van der Waals surface area (Å²) in [6.07, 6.45) is 2.51. The zero-order valence-corrected chi connectivity index (χ0v) is 13.3. The molecule has 4 rings (SSSR count). The number of rotatable bonds is 5. The topological polar surface area (TPSA) is 30.5 Å². The molecule has 1 N–H and O–H groups in total. The zero-order chi connectivity index (χ0) is 15.5. The molecular formula is C20H23NO2. The predicted molar refractivity (Wildman–Crippen MR) is 90.8 cm³/mol. The van der Waals surface area contributed by atoms with E-state index in [1.54, 1.807) is 0 Å². The van der Waals surface area contributed by atoms with E-state index in [9.17, 15) is 0 Å². The van der Waals surface area contributed by atoms with Crippen LogP contribution in [-0.2, 0) is 4.74 Å². The average Bonchev–Trinajstić information content (AvgIpc) is 3.46. The van der Waals surface area contributed by atoms with Crippen LogP contribution in [0.15, 0.2) is 54.6 Å². The Morgan fingerprint density at radius 1 is 1.00 bits per heavy atom. The molecule has 0 amide bonds. The molecule has 2 atom stereocenters. The number of para-hydroxylation sites is 1. The van der Waals surface area contributed by atoms with Crippen LogP contribution in [0.2, 0.25) is 0 Å². The second kappa shape index (κ2) is 6.73. The van der Waals surface area contributed by atoms with Gasteiger partial charge in [0.1, 0.15) is 11.9 Å². The van der Waals surface area contributed by atoms with Gasteiger partial charge in [0.15, 0.2) is 6.10 Å². The molecule has 1 saturated carbocycles. The Bertz CT molecular complexity index is 633. The molecule has 1 heterocycles. The van der Waals surface area contributed by atoms with Gasteiger partial charge in [0.25, 0.3) is 0 Å². The number of nitrogens with one attached hydrogen (secondary N) is 1. The zero-order valence-electron chi connectivity index (χ0n) is 13.3. The van der Waals surface area contributed by atoms with Crippen molar-refractivity contribution in [2.75, 3.05) is 19.7 Å². The van der Waals surface area contributed by atoms with Crippen molar-refractivity contribution in [3.8, 4) is 5.75 Å². The van der Waals surface area contributed by atoms with Crippen LogP contribution in [-0.4, -0.2) is 25.8 Å². The number of ether oxygens (including phenoxy) is 2. The molecule has 2 aromatic carbocycles. The lowest BCUT2D eigenvalue weighted by Crippen LogP contribution is -2.43. The summed E-state index contributed by atoms with van der Waals surface area (Å²) in [5, 5.41) is 3.42. The SMILES string of the molecule is c1ccc(C(Oc2ccccc2C2CC2)[C@H]2CNCCO2)cc1. The van der Waals surface area contributed by atoms with E-state index < -0.39 is 0 Å². The molecule has 2 fully saturated rings. The number of hydrogen-bond donors (Lipinski definition) is 1. The largest absolute Gasteiger partial charge is 0.483 e. The first kappa shape index (κ1) is 14.7. The Kier molecular flexibility index (Phi) is 4.31. The van der Waals surface area contributed by atoms with E-state index in [4.69, 9.17) is 9.47 Å². The second-order valence-corrected chi connectivity index (χ2v) is 6.37. The molecule has 23 heavy (non-hydrogen) atoms. The Balaban J connectivity index is 1.63. The summed E-state index contributed by atoms with van der Waals surface area (Å²) in [5.41, 5.74) is 2.52. The van der Waals surface area contributed by atoms with Gasteiger partial charge in [0, 0.05) is 13.1 Å². The van der Waals surface area contributed by atoms with E-state index in [2.05, 4.69) is 53.8 Å². The van der Waals surface area contributed by atoms with E-state index in [0.717, 1.165) is 25.4 Å². The molecule has 1 saturated heterocycles. The smallest absolute Gasteiger partial charge is 0.151 e. The van der Waals surface area contributed by atoms with Crippen molar-refractivity contribution in [3.63, 3.8) is 0 Å². The van der Waals surface area contributed by atoms with Crippen LogP contribution in [0.5, 0.6) is 5.75 Å². The fourth-order valence-corrected chi connectivity index (χ4v) is 3.24. The maximum atomic E-state index is 6.51. The molecule has 3 nitrogen and oxygen atoms in total. The molecule has 0 radical (unpaired) electrons. The highest BCUT2D eigenvalue weighted by atomic mass is 16.5. The molecule has 0 bridgehead atoms. The van der Waals surface area contributed by atoms with Crippen LogP contribution in [0.25, 0.3) is 0 Å². The van der Waals surface area contributed by atoms with Gasteiger partial charge in [-0.1, -0.05) is 48.5 Å². The normalized spacial score (nSPS) is 22.5. The first-order valence-corrected chi connectivity index (χ1v) is 8.54. The van der Waals surface area contributed by atoms with Crippen molar-refractivity contribution in [2.24, 2.45) is 0 Å². The highest BCUT2D eigenvalue weighted by molar-refractivity contribution is 5.39. The van der Waals surface area contributed by atoms with E-state index in [1.807, 2.05) is 6.07 Å². The first-order valence-electron chi connectivity index (χ1n) is 8.54. The van der Waals surface area contributed by atoms with E-state index >= 15 is 0 Å². The third-order valence-electron chi connectivity index (χ3n) is 4.61. The first-order chi connectivity index (χ1) is 11.4. The minimum absolute atomic E-state index is 0.0402. The van der Waals surface area contributed by atoms with Crippen LogP contribution in [0.3, 0.4) is 0 Å². The van der Waals surface area contributed by atoms with Gasteiger partial charge in [-0.15, -0.1) is 0 Å². The molecule has 3 heteroatoms. The van der Waals surface area contributed by atoms with Crippen LogP contribution in [0.1, 0.15) is 36.0 Å². The van der Waals surface area contributed by atoms with Crippen molar-refractivity contribution in [1.29, 1.82) is 0 Å². The van der Waals surface area contributed by atoms with Gasteiger partial charge in [-0.25, -0.2) is 0 Å². The maximum Gasteiger partial charge on any atom is 0.151 e. The Morgan fingerprint density at radius 3 is 2.52 bits per heavy atom. The summed E-state index contributed by atoms with van der Waals surface area (Å²) in [5.74, 6) is 1.69. The summed E-state index contributed by atoms with van der Waals surface area (Å²) in [6.45, 7) is 2.48. The van der Waals surface area contributed by atoms with Crippen molar-refractivity contribution in [2.45, 2.75) is 31.0 Å². The summed E-state index contributed by atoms with van der Waals surface area (Å²) in [4.78, 5) is 0. The lowest BCUT2D eigenvalue weighted by atomic mass is 10.0. The van der Waals surface area contributed by atoms with Gasteiger partial charge in [-0.2, -0.15) is 0 Å². The van der Waals surface area contributed by atoms with Crippen molar-refractivity contribution >= 4 is 0 Å². The predicted octanol–water partition coefficient (Wildman–Crippen LogP) is 3.67. The quantitative estimate of drug-likeness (QED) is 0.914. The van der Waals surface area contributed by atoms with Gasteiger partial charge < -0.3 is 14.8 Å². The Hall–Kier alpha value is -1.84. The van der Waals surface area contributed by atoms with Gasteiger partial charge in [-0.05, 0) is 36.0 Å². The number of hydrogen-bond acceptors (Lipinski definition) is 3. The summed E-state index contributed by atoms with van der Waals surface area (Å²) >= 11 is 0. The Labute approximate surface area is 137 Å². The van der Waals surface area contributed by atoms with Crippen LogP contribution < -0.4 is 10.1 Å². The summed E-state index contributed by atoms with van der Waals surface area (Å²) < 4.78 is 12.5. The van der Waals surface area contributed by atoms with Crippen LogP contribution in [0, 0.1) is 0 Å². The van der Waals surface area contributed by atoms with Gasteiger partial charge in [0.05, 0.1) is 6.61 Å². The Morgan fingerprint density at radius 2 is 1.78 bits per heavy atom. The average molecular weight is 309 g/mol. The minimum Gasteiger partial charge on any atom is -0.483 e. The molecule has 120 valence electrons. The lowest BCUT2D eigenvalue weighted by Gasteiger charge is -2.32. The number of benzene rings is 2. The highest BCUT2D eigenvalue weighted by Crippen LogP contribution is 2.45. The van der Waals surface area contributed by atoms with Crippen molar-refractivity contribution in [1.82, 2.24) is 5.32 Å². The van der Waals surface area contributed by atoms with Gasteiger partial charge in [-0.3, -0.25) is 0 Å².